The second-order valence-electron chi connectivity index (χ2n) is 12.5. The summed E-state index contributed by atoms with van der Waals surface area (Å²) in [6.45, 7) is 7.64. The predicted molar refractivity (Wildman–Crippen MR) is 177 cm³/mol. The van der Waals surface area contributed by atoms with E-state index in [0.29, 0.717) is 24.8 Å². The Labute approximate surface area is 281 Å². The number of esters is 1. The minimum absolute atomic E-state index is 0.0605. The smallest absolute Gasteiger partial charge is 0.313 e. The number of benzene rings is 2. The van der Waals surface area contributed by atoms with Crippen LogP contribution in [0.5, 0.6) is 0 Å². The Bertz CT molecular complexity index is 1470. The van der Waals surface area contributed by atoms with E-state index in [1.807, 2.05) is 48.5 Å². The fraction of sp³-hybridized carbons (Fsp3) is 0.459. The van der Waals surface area contributed by atoms with Gasteiger partial charge in [0.2, 0.25) is 17.7 Å². The molecule has 256 valence electrons. The van der Waals surface area contributed by atoms with Crippen molar-refractivity contribution in [3.8, 4) is 0 Å². The number of aliphatic hydroxyl groups is 1. The van der Waals surface area contributed by atoms with Crippen LogP contribution in [-0.2, 0) is 39.9 Å². The molecule has 0 saturated carbocycles. The van der Waals surface area contributed by atoms with Gasteiger partial charge in [-0.2, -0.15) is 0 Å². The van der Waals surface area contributed by atoms with Gasteiger partial charge in [-0.05, 0) is 30.4 Å². The van der Waals surface area contributed by atoms with Crippen molar-refractivity contribution in [2.24, 2.45) is 11.8 Å². The molecule has 1 spiro atoms. The Morgan fingerprint density at radius 1 is 1.12 bits per heavy atom. The standard InChI is InChI=1S/C37H45N3O8/c1-4-6-17-29(42)38-27(24-46-3)32(26-15-11-8-12-16-26)47-36(45)30-28-18-19-37(48-28)31(30)34(43)40(21-22-41)33(37)35(44)39(20-5-2)23-25-13-9-7-10-14-25/h4-5,7-16,27-28,30-33,41H,1-2,6,17-24H2,3H3,(H,38,42)/t27-,28+,30-,31-,32-,33+,37-/m1/s1. The summed E-state index contributed by atoms with van der Waals surface area (Å²) in [6, 6.07) is 16.8. The third kappa shape index (κ3) is 6.94. The number of hydrogen-bond acceptors (Lipinski definition) is 8. The molecule has 48 heavy (non-hydrogen) atoms. The molecule has 3 saturated heterocycles. The zero-order valence-corrected chi connectivity index (χ0v) is 27.4. The first-order valence-corrected chi connectivity index (χ1v) is 16.5. The number of carbonyl (C=O) groups excluding carboxylic acids is 4. The molecule has 2 N–H and O–H groups in total. The van der Waals surface area contributed by atoms with Crippen LogP contribution in [0.15, 0.2) is 86.0 Å². The average Bonchev–Trinajstić information content (AvgIpc) is 3.74. The Balaban J connectivity index is 1.45. The van der Waals surface area contributed by atoms with Crippen molar-refractivity contribution in [2.75, 3.05) is 33.4 Å². The van der Waals surface area contributed by atoms with Crippen molar-refractivity contribution in [1.29, 1.82) is 0 Å². The molecule has 0 radical (unpaired) electrons. The lowest BCUT2D eigenvalue weighted by Crippen LogP contribution is -2.56. The predicted octanol–water partition coefficient (Wildman–Crippen LogP) is 2.95. The average molecular weight is 660 g/mol. The first-order chi connectivity index (χ1) is 23.3. The second-order valence-corrected chi connectivity index (χ2v) is 12.5. The van der Waals surface area contributed by atoms with Crippen LogP contribution in [0, 0.1) is 11.8 Å². The molecule has 2 bridgehead atoms. The molecular formula is C37H45N3O8. The van der Waals surface area contributed by atoms with E-state index >= 15 is 0 Å². The van der Waals surface area contributed by atoms with E-state index in [0.717, 1.165) is 5.56 Å². The molecular weight excluding hydrogens is 614 g/mol. The number of allylic oxidation sites excluding steroid dienone is 1. The summed E-state index contributed by atoms with van der Waals surface area (Å²) < 4.78 is 18.2. The molecule has 3 amide bonds. The van der Waals surface area contributed by atoms with Gasteiger partial charge < -0.3 is 34.4 Å². The summed E-state index contributed by atoms with van der Waals surface area (Å²) >= 11 is 0. The first-order valence-electron chi connectivity index (χ1n) is 16.5. The van der Waals surface area contributed by atoms with E-state index in [9.17, 15) is 24.3 Å². The molecule has 3 aliphatic rings. The number of β-amino-alcohol motifs (C(OH)–C–C–N with tert-alkyl or cyclic N) is 1. The number of aliphatic hydroxyl groups excluding tert-OH is 1. The third-order valence-electron chi connectivity index (χ3n) is 9.53. The van der Waals surface area contributed by atoms with Crippen molar-refractivity contribution >= 4 is 23.7 Å². The number of hydrogen-bond donors (Lipinski definition) is 2. The van der Waals surface area contributed by atoms with Gasteiger partial charge in [0.1, 0.15) is 17.7 Å². The topological polar surface area (TPSA) is 135 Å². The minimum atomic E-state index is -1.26. The molecule has 3 aliphatic heterocycles. The van der Waals surface area contributed by atoms with E-state index in [2.05, 4.69) is 18.5 Å². The van der Waals surface area contributed by atoms with Crippen LogP contribution in [0.25, 0.3) is 0 Å². The van der Waals surface area contributed by atoms with Gasteiger partial charge in [0, 0.05) is 33.2 Å². The van der Waals surface area contributed by atoms with Gasteiger partial charge in [-0.3, -0.25) is 19.2 Å². The van der Waals surface area contributed by atoms with E-state index in [1.165, 1.54) is 12.0 Å². The van der Waals surface area contributed by atoms with E-state index in [1.54, 1.807) is 29.2 Å². The van der Waals surface area contributed by atoms with Crippen LogP contribution in [0.3, 0.4) is 0 Å². The molecule has 5 rings (SSSR count). The summed E-state index contributed by atoms with van der Waals surface area (Å²) in [4.78, 5) is 58.7. The number of rotatable bonds is 17. The normalized spacial score (nSPS) is 25.2. The maximum Gasteiger partial charge on any atom is 0.313 e. The molecule has 2 aromatic rings. The highest BCUT2D eigenvalue weighted by atomic mass is 16.6. The molecule has 3 heterocycles. The van der Waals surface area contributed by atoms with Gasteiger partial charge in [-0.15, -0.1) is 13.2 Å². The van der Waals surface area contributed by atoms with Gasteiger partial charge in [-0.25, -0.2) is 0 Å². The van der Waals surface area contributed by atoms with Crippen LogP contribution in [0.4, 0.5) is 0 Å². The van der Waals surface area contributed by atoms with E-state index in [-0.39, 0.29) is 51.1 Å². The van der Waals surface area contributed by atoms with Gasteiger partial charge in [-0.1, -0.05) is 72.8 Å². The first kappa shape index (κ1) is 35.0. The summed E-state index contributed by atoms with van der Waals surface area (Å²) in [5.41, 5.74) is 0.289. The number of nitrogens with one attached hydrogen (secondary N) is 1. The zero-order chi connectivity index (χ0) is 34.3. The Hall–Kier alpha value is -4.32. The van der Waals surface area contributed by atoms with E-state index < -0.39 is 53.6 Å². The van der Waals surface area contributed by atoms with Crippen molar-refractivity contribution in [3.63, 3.8) is 0 Å². The van der Waals surface area contributed by atoms with Gasteiger partial charge in [0.05, 0.1) is 37.2 Å². The highest BCUT2D eigenvalue weighted by molar-refractivity contribution is 5.98. The minimum Gasteiger partial charge on any atom is -0.455 e. The number of nitrogens with zero attached hydrogens (tertiary/aromatic N) is 2. The van der Waals surface area contributed by atoms with Crippen molar-refractivity contribution in [2.45, 2.75) is 62.1 Å². The molecule has 2 aromatic carbocycles. The molecule has 0 unspecified atom stereocenters. The Kier molecular flexibility index (Phi) is 11.5. The lowest BCUT2D eigenvalue weighted by Gasteiger charge is -2.36. The Morgan fingerprint density at radius 2 is 1.83 bits per heavy atom. The fourth-order valence-corrected chi connectivity index (χ4v) is 7.54. The fourth-order valence-electron chi connectivity index (χ4n) is 7.54. The largest absolute Gasteiger partial charge is 0.455 e. The van der Waals surface area contributed by atoms with Crippen LogP contribution in [-0.4, -0.2) is 95.8 Å². The zero-order valence-electron chi connectivity index (χ0n) is 27.4. The lowest BCUT2D eigenvalue weighted by atomic mass is 9.70. The molecule has 7 atom stereocenters. The highest BCUT2D eigenvalue weighted by Crippen LogP contribution is 2.59. The maximum atomic E-state index is 14.4. The van der Waals surface area contributed by atoms with Crippen molar-refractivity contribution in [3.05, 3.63) is 97.1 Å². The highest BCUT2D eigenvalue weighted by Gasteiger charge is 2.75. The van der Waals surface area contributed by atoms with Crippen molar-refractivity contribution < 1.29 is 38.5 Å². The number of amides is 3. The van der Waals surface area contributed by atoms with Crippen molar-refractivity contribution in [1.82, 2.24) is 15.1 Å². The number of carbonyl (C=O) groups is 4. The maximum absolute atomic E-state index is 14.4. The third-order valence-corrected chi connectivity index (χ3v) is 9.53. The van der Waals surface area contributed by atoms with Gasteiger partial charge in [0.25, 0.3) is 0 Å². The van der Waals surface area contributed by atoms with E-state index in [4.69, 9.17) is 14.2 Å². The summed E-state index contributed by atoms with van der Waals surface area (Å²) in [7, 11) is 1.50. The number of fused-ring (bicyclic) bond motifs is 1. The second kappa shape index (κ2) is 15.7. The number of likely N-dealkylation sites (tertiary alicyclic amines) is 1. The monoisotopic (exact) mass is 659 g/mol. The molecule has 11 heteroatoms. The summed E-state index contributed by atoms with van der Waals surface area (Å²) in [5.74, 6) is -3.62. The SMILES string of the molecule is C=CCCC(=O)N[C@H](COC)[C@H](OC(=O)[C@@H]1[C@@H]2CC[C@]3(O2)[C@H](C(=O)N(CC=C)Cc2ccccc2)N(CCO)C(=O)[C@@H]13)c1ccccc1. The molecule has 11 nitrogen and oxygen atoms in total. The van der Waals surface area contributed by atoms with Crippen LogP contribution in [0.2, 0.25) is 0 Å². The van der Waals surface area contributed by atoms with Gasteiger partial charge >= 0.3 is 5.97 Å². The van der Waals surface area contributed by atoms with Gasteiger partial charge in [0.15, 0.2) is 0 Å². The quantitative estimate of drug-likeness (QED) is 0.196. The lowest BCUT2D eigenvalue weighted by molar-refractivity contribution is -0.163. The Morgan fingerprint density at radius 3 is 2.48 bits per heavy atom. The summed E-state index contributed by atoms with van der Waals surface area (Å²) in [6.07, 6.45) is 3.26. The van der Waals surface area contributed by atoms with Crippen LogP contribution >= 0.6 is 0 Å². The molecule has 3 fully saturated rings. The molecule has 0 aromatic heterocycles. The van der Waals surface area contributed by atoms with Crippen LogP contribution < -0.4 is 5.32 Å². The number of ether oxygens (including phenoxy) is 3. The molecule has 0 aliphatic carbocycles. The van der Waals surface area contributed by atoms with Crippen LogP contribution in [0.1, 0.15) is 42.9 Å². The summed E-state index contributed by atoms with van der Waals surface area (Å²) in [5, 5.41) is 12.9. The number of methoxy groups -OCH3 is 1.